The normalized spacial score (nSPS) is 10.5. The van der Waals surface area contributed by atoms with Gasteiger partial charge in [-0.05, 0) is 6.42 Å². The van der Waals surface area contributed by atoms with E-state index in [4.69, 9.17) is 4.84 Å². The van der Waals surface area contributed by atoms with Gasteiger partial charge in [0.25, 0.3) is 0 Å². The van der Waals surface area contributed by atoms with Gasteiger partial charge in [-0.25, -0.2) is 0 Å². The van der Waals surface area contributed by atoms with Crippen LogP contribution in [-0.2, 0) is 9.63 Å². The molecule has 0 rings (SSSR count). The van der Waals surface area contributed by atoms with Gasteiger partial charge in [0.2, 0.25) is 0 Å². The third-order valence-electron chi connectivity index (χ3n) is 4.61. The summed E-state index contributed by atoms with van der Waals surface area (Å²) >= 11 is 0. The number of hydrogen-bond acceptors (Lipinski definition) is 3. The van der Waals surface area contributed by atoms with Crippen LogP contribution in [0.3, 0.4) is 0 Å². The second-order valence-electron chi connectivity index (χ2n) is 7.03. The second kappa shape index (κ2) is 24.4. The third kappa shape index (κ3) is 24.4. The van der Waals surface area contributed by atoms with E-state index in [0.29, 0.717) is 6.42 Å². The molecule has 0 amide bonds. The van der Waals surface area contributed by atoms with Crippen LogP contribution in [0.4, 0.5) is 0 Å². The molecule has 4 heteroatoms. The number of nitrogens with one attached hydrogen (secondary N) is 1. The summed E-state index contributed by atoms with van der Waals surface area (Å²) in [6, 6.07) is 0. The third-order valence-corrected chi connectivity index (χ3v) is 4.61. The van der Waals surface area contributed by atoms with Crippen molar-refractivity contribution in [2.45, 2.75) is 123 Å². The Morgan fingerprint density at radius 2 is 1.00 bits per heavy atom. The van der Waals surface area contributed by atoms with Gasteiger partial charge in [-0.1, -0.05) is 110 Å². The average molecular weight is 366 g/mol. The molecule has 0 fully saturated rings. The van der Waals surface area contributed by atoms with Gasteiger partial charge in [0, 0.05) is 13.0 Å². The van der Waals surface area contributed by atoms with E-state index in [1.165, 1.54) is 96.3 Å². The first-order valence-corrected chi connectivity index (χ1v) is 10.7. The molecule has 0 heterocycles. The molecule has 0 aromatic rings. The number of rotatable bonds is 19. The molecule has 25 heavy (non-hydrogen) atoms. The molecule has 0 saturated carbocycles. The Labute approximate surface area is 179 Å². The Bertz CT molecular complexity index is 262. The molecular formula is C21H44NNaO2. The Morgan fingerprint density at radius 3 is 1.36 bits per heavy atom. The summed E-state index contributed by atoms with van der Waals surface area (Å²) in [6.45, 7) is 4.87. The van der Waals surface area contributed by atoms with Gasteiger partial charge in [-0.15, -0.1) is 0 Å². The topological polar surface area (TPSA) is 38.3 Å². The van der Waals surface area contributed by atoms with Crippen LogP contribution in [0.1, 0.15) is 123 Å². The monoisotopic (exact) mass is 365 g/mol. The van der Waals surface area contributed by atoms with Crippen molar-refractivity contribution in [1.82, 2.24) is 5.48 Å². The fourth-order valence-electron chi connectivity index (χ4n) is 2.95. The Kier molecular flexibility index (Phi) is 27.0. The van der Waals surface area contributed by atoms with Gasteiger partial charge in [0.15, 0.2) is 0 Å². The van der Waals surface area contributed by atoms with Crippen molar-refractivity contribution in [2.75, 3.05) is 6.54 Å². The quantitative estimate of drug-likeness (QED) is 0.172. The Balaban J connectivity index is 0. The summed E-state index contributed by atoms with van der Waals surface area (Å²) in [5.74, 6) is -0.175. The van der Waals surface area contributed by atoms with Crippen molar-refractivity contribution in [3.8, 4) is 0 Å². The van der Waals surface area contributed by atoms with Gasteiger partial charge < -0.3 is 4.84 Å². The maximum atomic E-state index is 10.9. The van der Waals surface area contributed by atoms with Crippen molar-refractivity contribution in [1.29, 1.82) is 0 Å². The molecule has 0 saturated heterocycles. The Morgan fingerprint density at radius 1 is 0.640 bits per heavy atom. The van der Waals surface area contributed by atoms with E-state index in [-0.39, 0.29) is 35.5 Å². The molecule has 146 valence electrons. The van der Waals surface area contributed by atoms with Crippen LogP contribution in [0, 0.1) is 0 Å². The molecule has 0 bridgehead atoms. The van der Waals surface area contributed by atoms with Gasteiger partial charge in [0.1, 0.15) is 0 Å². The first-order valence-electron chi connectivity index (χ1n) is 10.7. The van der Waals surface area contributed by atoms with Gasteiger partial charge in [-0.2, -0.15) is 5.48 Å². The number of carbonyl (C=O) groups is 1. The number of unbranched alkanes of at least 4 members (excludes halogenated alkanes) is 15. The predicted molar refractivity (Wildman–Crippen MR) is 111 cm³/mol. The number of carbonyl (C=O) groups excluding carboxylic acids is 1. The fourth-order valence-corrected chi connectivity index (χ4v) is 2.95. The standard InChI is InChI=1S/C21H43NO2.Na.H/c1-3-5-6-7-8-9-10-11-12-13-14-15-16-17-18-19-20-22-24-21(23)4-2;;/h22H,3-20H2,1-2H3;;. The average Bonchev–Trinajstić information content (AvgIpc) is 2.60. The van der Waals surface area contributed by atoms with E-state index in [1.807, 2.05) is 0 Å². The van der Waals surface area contributed by atoms with E-state index in [1.54, 1.807) is 6.92 Å². The summed E-state index contributed by atoms with van der Waals surface area (Å²) < 4.78 is 0. The first-order chi connectivity index (χ1) is 11.8. The van der Waals surface area contributed by atoms with Crippen LogP contribution in [0.15, 0.2) is 0 Å². The van der Waals surface area contributed by atoms with Crippen LogP contribution in [-0.4, -0.2) is 42.1 Å². The fraction of sp³-hybridized carbons (Fsp3) is 0.952. The number of hydroxylamine groups is 1. The minimum absolute atomic E-state index is 0. The van der Waals surface area contributed by atoms with Crippen molar-refractivity contribution >= 4 is 35.5 Å². The zero-order valence-corrected chi connectivity index (χ0v) is 16.5. The zero-order chi connectivity index (χ0) is 17.7. The molecule has 1 N–H and O–H groups in total. The summed E-state index contributed by atoms with van der Waals surface area (Å²) in [5.41, 5.74) is 2.74. The summed E-state index contributed by atoms with van der Waals surface area (Å²) in [5, 5.41) is 0. The number of hydrogen-bond donors (Lipinski definition) is 1. The summed E-state index contributed by atoms with van der Waals surface area (Å²) in [7, 11) is 0. The molecule has 0 atom stereocenters. The maximum absolute atomic E-state index is 10.9. The molecule has 0 aromatic heterocycles. The predicted octanol–water partition coefficient (Wildman–Crippen LogP) is 6.06. The van der Waals surface area contributed by atoms with Gasteiger partial charge in [0.05, 0.1) is 0 Å². The SMILES string of the molecule is CCCCCCCCCCCCCCCCCCNOC(=O)CC.[NaH]. The van der Waals surface area contributed by atoms with E-state index >= 15 is 0 Å². The first kappa shape index (κ1) is 27.6. The molecule has 0 spiro atoms. The minimum atomic E-state index is -0.175. The van der Waals surface area contributed by atoms with Crippen molar-refractivity contribution in [2.24, 2.45) is 0 Å². The van der Waals surface area contributed by atoms with E-state index in [0.717, 1.165) is 13.0 Å². The molecule has 0 aliphatic carbocycles. The van der Waals surface area contributed by atoms with Crippen molar-refractivity contribution < 1.29 is 9.63 Å². The molecule has 0 radical (unpaired) electrons. The zero-order valence-electron chi connectivity index (χ0n) is 16.5. The summed E-state index contributed by atoms with van der Waals surface area (Å²) in [6.07, 6.45) is 22.5. The Hall–Kier alpha value is 0.430. The van der Waals surface area contributed by atoms with E-state index < -0.39 is 0 Å². The summed E-state index contributed by atoms with van der Waals surface area (Å²) in [4.78, 5) is 15.7. The molecule has 0 unspecified atom stereocenters. The van der Waals surface area contributed by atoms with Crippen molar-refractivity contribution in [3.63, 3.8) is 0 Å². The van der Waals surface area contributed by atoms with Crippen LogP contribution >= 0.6 is 0 Å². The van der Waals surface area contributed by atoms with Crippen LogP contribution in [0.5, 0.6) is 0 Å². The molecular weight excluding hydrogens is 321 g/mol. The molecule has 0 aliphatic heterocycles. The van der Waals surface area contributed by atoms with E-state index in [9.17, 15) is 4.79 Å². The molecule has 0 aliphatic rings. The van der Waals surface area contributed by atoms with Gasteiger partial charge in [-0.3, -0.25) is 4.79 Å². The van der Waals surface area contributed by atoms with E-state index in [2.05, 4.69) is 12.4 Å². The van der Waals surface area contributed by atoms with Crippen LogP contribution < -0.4 is 5.48 Å². The molecule has 3 nitrogen and oxygen atoms in total. The second-order valence-corrected chi connectivity index (χ2v) is 7.03. The van der Waals surface area contributed by atoms with Gasteiger partial charge >= 0.3 is 35.5 Å². The molecule has 0 aromatic carbocycles. The van der Waals surface area contributed by atoms with Crippen LogP contribution in [0.25, 0.3) is 0 Å². The van der Waals surface area contributed by atoms with Crippen molar-refractivity contribution in [3.05, 3.63) is 0 Å². The van der Waals surface area contributed by atoms with Crippen LogP contribution in [0.2, 0.25) is 0 Å².